The maximum absolute atomic E-state index is 11.9. The van der Waals surface area contributed by atoms with Crippen molar-refractivity contribution in [3.8, 4) is 0 Å². The van der Waals surface area contributed by atoms with Gasteiger partial charge in [0.15, 0.2) is 0 Å². The summed E-state index contributed by atoms with van der Waals surface area (Å²) >= 11 is 1.30. The van der Waals surface area contributed by atoms with E-state index in [4.69, 9.17) is 15.9 Å². The van der Waals surface area contributed by atoms with Gasteiger partial charge in [-0.25, -0.2) is 0 Å². The van der Waals surface area contributed by atoms with Crippen LogP contribution in [-0.4, -0.2) is 74.1 Å². The van der Waals surface area contributed by atoms with Crippen LogP contribution in [0.3, 0.4) is 0 Å². The Morgan fingerprint density at radius 1 is 0.971 bits per heavy atom. The molecule has 9 nitrogen and oxygen atoms in total. The molecule has 7 N–H and O–H groups in total. The van der Waals surface area contributed by atoms with E-state index in [1.807, 2.05) is 24.3 Å². The van der Waals surface area contributed by atoms with Crippen molar-refractivity contribution < 1.29 is 34.8 Å². The van der Waals surface area contributed by atoms with Gasteiger partial charge >= 0.3 is 11.9 Å². The number of carboxylic acid groups (broad SMARTS) is 2. The Balaban J connectivity index is 4.66. The average Bonchev–Trinajstić information content (AvgIpc) is 2.80. The molecule has 4 atom stereocenters. The number of aliphatic carboxylic acids is 2. The zero-order chi connectivity index (χ0) is 26.5. The van der Waals surface area contributed by atoms with Crippen molar-refractivity contribution in [2.75, 3.05) is 12.3 Å². The van der Waals surface area contributed by atoms with Crippen LogP contribution in [0.25, 0.3) is 0 Å². The molecule has 0 aliphatic heterocycles. The monoisotopic (exact) mass is 514 g/mol. The van der Waals surface area contributed by atoms with Crippen LogP contribution in [0, 0.1) is 0 Å². The highest BCUT2D eigenvalue weighted by atomic mass is 32.2. The fourth-order valence-corrected chi connectivity index (χ4v) is 4.10. The number of nitrogens with one attached hydrogen (secondary N) is 1. The van der Waals surface area contributed by atoms with Gasteiger partial charge in [0.2, 0.25) is 5.91 Å². The first-order valence-electron chi connectivity index (χ1n) is 12.1. The Morgan fingerprint density at radius 3 is 2.34 bits per heavy atom. The molecule has 0 radical (unpaired) electrons. The van der Waals surface area contributed by atoms with Crippen molar-refractivity contribution in [1.82, 2.24) is 5.32 Å². The fraction of sp³-hybridized carbons (Fsp3) is 0.640. The van der Waals surface area contributed by atoms with Crippen LogP contribution in [0.2, 0.25) is 0 Å². The molecular formula is C25H42N2O7S. The van der Waals surface area contributed by atoms with E-state index >= 15 is 0 Å². The van der Waals surface area contributed by atoms with Crippen LogP contribution in [0.4, 0.5) is 0 Å². The lowest BCUT2D eigenvalue weighted by Gasteiger charge is -2.21. The molecule has 0 aliphatic carbocycles. The highest BCUT2D eigenvalue weighted by molar-refractivity contribution is 8.00. The summed E-state index contributed by atoms with van der Waals surface area (Å²) in [6.45, 7) is 1.58. The molecule has 0 bridgehead atoms. The Kier molecular flexibility index (Phi) is 19.9. The van der Waals surface area contributed by atoms with E-state index in [-0.39, 0.29) is 17.4 Å². The normalized spacial score (nSPS) is 15.4. The number of aliphatic hydroxyl groups is 2. The molecule has 0 aromatic heterocycles. The molecule has 1 amide bonds. The van der Waals surface area contributed by atoms with Crippen LogP contribution in [0.1, 0.15) is 64.7 Å². The third-order valence-electron chi connectivity index (χ3n) is 4.97. The van der Waals surface area contributed by atoms with E-state index in [9.17, 15) is 24.6 Å². The van der Waals surface area contributed by atoms with Crippen LogP contribution in [0.15, 0.2) is 36.5 Å². The van der Waals surface area contributed by atoms with E-state index in [0.717, 1.165) is 25.7 Å². The van der Waals surface area contributed by atoms with Crippen molar-refractivity contribution in [2.24, 2.45) is 5.73 Å². The molecule has 0 saturated carbocycles. The summed E-state index contributed by atoms with van der Waals surface area (Å²) in [5, 5.41) is 40.0. The predicted molar refractivity (Wildman–Crippen MR) is 139 cm³/mol. The van der Waals surface area contributed by atoms with Gasteiger partial charge in [-0.1, -0.05) is 62.6 Å². The van der Waals surface area contributed by atoms with Gasteiger partial charge in [0.1, 0.15) is 6.54 Å². The van der Waals surface area contributed by atoms with Gasteiger partial charge in [-0.3, -0.25) is 14.4 Å². The zero-order valence-electron chi connectivity index (χ0n) is 20.6. The molecule has 0 unspecified atom stereocenters. The number of thioether (sulfide) groups is 1. The predicted octanol–water partition coefficient (Wildman–Crippen LogP) is 2.62. The number of aliphatic hydroxyl groups excluding tert-OH is 2. The molecule has 35 heavy (non-hydrogen) atoms. The molecule has 0 aliphatic rings. The Bertz CT molecular complexity index is 697. The maximum Gasteiger partial charge on any atom is 0.322 e. The molecule has 0 fully saturated rings. The number of carboxylic acids is 2. The van der Waals surface area contributed by atoms with E-state index < -0.39 is 42.6 Å². The summed E-state index contributed by atoms with van der Waals surface area (Å²) in [7, 11) is 0. The first kappa shape index (κ1) is 32.9. The van der Waals surface area contributed by atoms with Crippen molar-refractivity contribution in [3.63, 3.8) is 0 Å². The standard InChI is InChI=1S/C25H42N2O7S/c1-2-3-9-13-21(29)22(35-18-20(26)25(34)27-17-24(32)33)16-15-19(28)12-10-7-5-4-6-8-11-14-23(30)31/h4,6-7,10,15-16,19-22,28-29H,2-3,5,8-9,11-14,17-18,26H2,1H3,(H,27,34)(H,30,31)(H,32,33)/b6-4-,10-7-,16-15+/t19-,20-,21-,22+/m0/s1. The number of carbonyl (C=O) groups excluding carboxylic acids is 1. The van der Waals surface area contributed by atoms with Crippen LogP contribution in [-0.2, 0) is 14.4 Å². The van der Waals surface area contributed by atoms with Crippen LogP contribution >= 0.6 is 11.8 Å². The SMILES string of the molecule is CCCCC[C@H](O)[C@@H](/C=C/[C@@H](O)C/C=C\C/C=C\CCCC(=O)O)SC[C@H](N)C(=O)NCC(=O)O. The lowest BCUT2D eigenvalue weighted by atomic mass is 10.1. The largest absolute Gasteiger partial charge is 0.481 e. The Hall–Kier alpha value is -2.14. The van der Waals surface area contributed by atoms with Gasteiger partial charge in [0.05, 0.1) is 18.2 Å². The summed E-state index contributed by atoms with van der Waals surface area (Å²) in [4.78, 5) is 32.9. The molecular weight excluding hydrogens is 472 g/mol. The summed E-state index contributed by atoms with van der Waals surface area (Å²) in [6, 6.07) is -0.914. The minimum atomic E-state index is -1.15. The van der Waals surface area contributed by atoms with Crippen LogP contribution in [0.5, 0.6) is 0 Å². The van der Waals surface area contributed by atoms with Crippen LogP contribution < -0.4 is 11.1 Å². The molecule has 0 rings (SSSR count). The molecule has 10 heteroatoms. The zero-order valence-corrected chi connectivity index (χ0v) is 21.4. The van der Waals surface area contributed by atoms with E-state index in [0.29, 0.717) is 25.7 Å². The average molecular weight is 515 g/mol. The number of hydrogen-bond donors (Lipinski definition) is 6. The first-order valence-corrected chi connectivity index (χ1v) is 13.1. The topological polar surface area (TPSA) is 170 Å². The van der Waals surface area contributed by atoms with Gasteiger partial charge in [0.25, 0.3) is 0 Å². The lowest BCUT2D eigenvalue weighted by Crippen LogP contribution is -2.44. The molecule has 0 heterocycles. The number of allylic oxidation sites excluding steroid dienone is 3. The second-order valence-corrected chi connectivity index (χ2v) is 9.44. The van der Waals surface area contributed by atoms with Gasteiger partial charge in [-0.2, -0.15) is 0 Å². The third kappa shape index (κ3) is 19.8. The number of nitrogens with two attached hydrogens (primary N) is 1. The van der Waals surface area contributed by atoms with Gasteiger partial charge in [0, 0.05) is 17.4 Å². The number of carbonyl (C=O) groups is 3. The number of unbranched alkanes of at least 4 members (excludes halogenated alkanes) is 3. The highest BCUT2D eigenvalue weighted by Crippen LogP contribution is 2.22. The summed E-state index contributed by atoms with van der Waals surface area (Å²) in [6.07, 6.45) is 15.7. The Morgan fingerprint density at radius 2 is 1.69 bits per heavy atom. The smallest absolute Gasteiger partial charge is 0.322 e. The van der Waals surface area contributed by atoms with Gasteiger partial charge < -0.3 is 31.5 Å². The van der Waals surface area contributed by atoms with Crippen molar-refractivity contribution in [3.05, 3.63) is 36.5 Å². The van der Waals surface area contributed by atoms with Crippen molar-refractivity contribution >= 4 is 29.6 Å². The minimum Gasteiger partial charge on any atom is -0.481 e. The van der Waals surface area contributed by atoms with Gasteiger partial charge in [-0.05, 0) is 32.1 Å². The van der Waals surface area contributed by atoms with E-state index in [1.54, 1.807) is 12.2 Å². The van der Waals surface area contributed by atoms with E-state index in [2.05, 4.69) is 12.2 Å². The quantitative estimate of drug-likeness (QED) is 0.0995. The van der Waals surface area contributed by atoms with E-state index in [1.165, 1.54) is 11.8 Å². The number of hydrogen-bond acceptors (Lipinski definition) is 7. The first-order chi connectivity index (χ1) is 16.7. The fourth-order valence-electron chi connectivity index (χ4n) is 2.96. The number of rotatable bonds is 21. The van der Waals surface area contributed by atoms with Crippen molar-refractivity contribution in [2.45, 2.75) is 88.2 Å². The molecule has 0 aromatic carbocycles. The minimum absolute atomic E-state index is 0.162. The molecule has 200 valence electrons. The highest BCUT2D eigenvalue weighted by Gasteiger charge is 2.21. The Labute approximate surface area is 212 Å². The molecule has 0 saturated heterocycles. The summed E-state index contributed by atoms with van der Waals surface area (Å²) < 4.78 is 0. The maximum atomic E-state index is 11.9. The van der Waals surface area contributed by atoms with Crippen molar-refractivity contribution in [1.29, 1.82) is 0 Å². The second-order valence-electron chi connectivity index (χ2n) is 8.23. The molecule has 0 aromatic rings. The lowest BCUT2D eigenvalue weighted by molar-refractivity contribution is -0.138. The summed E-state index contributed by atoms with van der Waals surface area (Å²) in [5.41, 5.74) is 5.85. The second kappa shape index (κ2) is 21.2. The molecule has 0 spiro atoms. The number of amides is 1. The summed E-state index contributed by atoms with van der Waals surface area (Å²) in [5.74, 6) is -2.32. The van der Waals surface area contributed by atoms with Gasteiger partial charge in [-0.15, -0.1) is 11.8 Å². The third-order valence-corrected chi connectivity index (χ3v) is 6.38.